The molecule has 5 rings (SSSR count). The standard InChI is InChI=1S/C26H19F5N2O8.ClH/c27-16-15(17(28)19(30)20(31)18(16)29)25(40)33-10-2-1-6-3-8-13(24(32)39)9-4-7(34)5-11(35)26(9,41)23(38)14(8)22(37)12(6)21(10)36;/h1-2,7-9,13,34,36-37,41H,3-5H2,(H2,32,39)(H,33,40);1H. The molecule has 2 aromatic carbocycles. The molecule has 42 heavy (non-hydrogen) atoms. The molecule has 0 aliphatic heterocycles. The van der Waals surface area contributed by atoms with Gasteiger partial charge < -0.3 is 31.5 Å². The number of nitrogens with one attached hydrogen (secondary N) is 1. The summed E-state index contributed by atoms with van der Waals surface area (Å²) < 4.78 is 68.8. The summed E-state index contributed by atoms with van der Waals surface area (Å²) in [5, 5.41) is 45.1. The Balaban J connectivity index is 0.00000405. The molecular weight excluding hydrogens is 599 g/mol. The Kier molecular flexibility index (Phi) is 7.59. The summed E-state index contributed by atoms with van der Waals surface area (Å²) in [5.74, 6) is -23.5. The molecule has 16 heteroatoms. The number of aliphatic hydroxyl groups is 3. The highest BCUT2D eigenvalue weighted by Crippen LogP contribution is 2.54. The van der Waals surface area contributed by atoms with Crippen molar-refractivity contribution in [3.63, 3.8) is 0 Å². The predicted molar refractivity (Wildman–Crippen MR) is 133 cm³/mol. The number of amides is 2. The van der Waals surface area contributed by atoms with Crippen LogP contribution >= 0.6 is 12.4 Å². The van der Waals surface area contributed by atoms with Crippen molar-refractivity contribution in [1.29, 1.82) is 0 Å². The normalized spacial score (nSPS) is 26.5. The van der Waals surface area contributed by atoms with E-state index in [1.807, 2.05) is 0 Å². The molecule has 0 heterocycles. The summed E-state index contributed by atoms with van der Waals surface area (Å²) in [6.45, 7) is 0. The van der Waals surface area contributed by atoms with Crippen LogP contribution in [0.15, 0.2) is 17.7 Å². The Hall–Kier alpha value is -4.08. The molecule has 0 saturated heterocycles. The predicted octanol–water partition coefficient (Wildman–Crippen LogP) is 1.96. The molecule has 0 spiro atoms. The number of hydrogen-bond donors (Lipinski definition) is 6. The van der Waals surface area contributed by atoms with Crippen LogP contribution in [0.1, 0.15) is 34.3 Å². The molecule has 0 radical (unpaired) electrons. The fourth-order valence-electron chi connectivity index (χ4n) is 6.10. The highest BCUT2D eigenvalue weighted by molar-refractivity contribution is 6.22. The molecule has 2 aromatic rings. The van der Waals surface area contributed by atoms with E-state index >= 15 is 0 Å². The van der Waals surface area contributed by atoms with Crippen LogP contribution < -0.4 is 11.1 Å². The van der Waals surface area contributed by atoms with E-state index in [2.05, 4.69) is 0 Å². The molecule has 0 bridgehead atoms. The highest BCUT2D eigenvalue weighted by atomic mass is 35.5. The van der Waals surface area contributed by atoms with E-state index in [1.165, 1.54) is 6.07 Å². The van der Waals surface area contributed by atoms with Gasteiger partial charge in [-0.15, -0.1) is 12.4 Å². The second kappa shape index (κ2) is 10.3. The first-order valence-electron chi connectivity index (χ1n) is 12.0. The van der Waals surface area contributed by atoms with Crippen LogP contribution in [0.3, 0.4) is 0 Å². The number of fused-ring (bicyclic) bond motifs is 3. The highest BCUT2D eigenvalue weighted by Gasteiger charge is 2.65. The second-order valence-corrected chi connectivity index (χ2v) is 10.1. The molecule has 10 nitrogen and oxygen atoms in total. The van der Waals surface area contributed by atoms with Crippen molar-refractivity contribution in [3.05, 3.63) is 63.5 Å². The number of phenols is 1. The van der Waals surface area contributed by atoms with Gasteiger partial charge in [0.05, 0.1) is 23.3 Å². The fraction of sp³-hybridized carbons (Fsp3) is 0.308. The molecule has 224 valence electrons. The van der Waals surface area contributed by atoms with E-state index in [1.54, 1.807) is 5.32 Å². The minimum absolute atomic E-state index is 0. The SMILES string of the molecule is Cl.NC(=O)C1C2Cc3ccc(NC(=O)c4c(F)c(F)c(F)c(F)c4F)c(O)c3C(O)=C2C(=O)C2(O)C(=O)CC(O)CC12. The van der Waals surface area contributed by atoms with Crippen LogP contribution in [-0.4, -0.2) is 55.5 Å². The lowest BCUT2D eigenvalue weighted by molar-refractivity contribution is -0.173. The first-order valence-corrected chi connectivity index (χ1v) is 12.0. The van der Waals surface area contributed by atoms with E-state index in [-0.39, 0.29) is 30.8 Å². The van der Waals surface area contributed by atoms with Crippen molar-refractivity contribution >= 4 is 47.2 Å². The molecule has 3 aliphatic rings. The maximum absolute atomic E-state index is 14.1. The first-order chi connectivity index (χ1) is 19.1. The molecule has 5 atom stereocenters. The number of benzene rings is 2. The number of halogens is 6. The van der Waals surface area contributed by atoms with Crippen molar-refractivity contribution in [2.75, 3.05) is 5.32 Å². The molecule has 0 aromatic heterocycles. The number of rotatable bonds is 3. The minimum Gasteiger partial charge on any atom is -0.507 e. The van der Waals surface area contributed by atoms with Crippen molar-refractivity contribution in [2.24, 2.45) is 23.5 Å². The van der Waals surface area contributed by atoms with E-state index in [0.29, 0.717) is 0 Å². The summed E-state index contributed by atoms with van der Waals surface area (Å²) in [4.78, 5) is 51.3. The number of aromatic hydroxyl groups is 1. The van der Waals surface area contributed by atoms with Crippen molar-refractivity contribution in [2.45, 2.75) is 31.0 Å². The Bertz CT molecular complexity index is 1600. The van der Waals surface area contributed by atoms with Crippen LogP contribution in [0.4, 0.5) is 27.6 Å². The molecule has 7 N–H and O–H groups in total. The van der Waals surface area contributed by atoms with Crippen LogP contribution in [0.25, 0.3) is 5.76 Å². The first kappa shape index (κ1) is 30.9. The zero-order chi connectivity index (χ0) is 30.3. The van der Waals surface area contributed by atoms with Gasteiger partial charge >= 0.3 is 0 Å². The average Bonchev–Trinajstić information content (AvgIpc) is 2.89. The maximum atomic E-state index is 14.1. The molecule has 2 amide bonds. The van der Waals surface area contributed by atoms with E-state index in [4.69, 9.17) is 5.73 Å². The minimum atomic E-state index is -2.83. The Morgan fingerprint density at radius 1 is 0.952 bits per heavy atom. The fourth-order valence-corrected chi connectivity index (χ4v) is 6.10. The smallest absolute Gasteiger partial charge is 0.261 e. The third-order valence-electron chi connectivity index (χ3n) is 7.95. The van der Waals surface area contributed by atoms with Crippen LogP contribution in [0.5, 0.6) is 5.75 Å². The largest absolute Gasteiger partial charge is 0.507 e. The van der Waals surface area contributed by atoms with Gasteiger partial charge in [0.1, 0.15) is 17.1 Å². The zero-order valence-corrected chi connectivity index (χ0v) is 21.7. The number of Topliss-reactive ketones (excluding diaryl/α,β-unsaturated/α-hetero) is 2. The zero-order valence-electron chi connectivity index (χ0n) is 20.9. The van der Waals surface area contributed by atoms with Crippen LogP contribution in [-0.2, 0) is 20.8 Å². The number of carbonyl (C=O) groups is 4. The Morgan fingerprint density at radius 2 is 1.52 bits per heavy atom. The quantitative estimate of drug-likeness (QED) is 0.0990. The van der Waals surface area contributed by atoms with E-state index < -0.39 is 122 Å². The summed E-state index contributed by atoms with van der Waals surface area (Å²) >= 11 is 0. The van der Waals surface area contributed by atoms with Gasteiger partial charge in [-0.3, -0.25) is 19.2 Å². The number of nitrogens with two attached hydrogens (primary N) is 1. The Labute approximate surface area is 238 Å². The number of ketones is 2. The van der Waals surface area contributed by atoms with Gasteiger partial charge in [0.2, 0.25) is 17.5 Å². The van der Waals surface area contributed by atoms with Gasteiger partial charge in [0.15, 0.2) is 34.7 Å². The lowest BCUT2D eigenvalue weighted by atomic mass is 9.53. The van der Waals surface area contributed by atoms with Crippen LogP contribution in [0.2, 0.25) is 0 Å². The molecule has 2 saturated carbocycles. The molecule has 3 aliphatic carbocycles. The number of hydrogen-bond acceptors (Lipinski definition) is 8. The summed E-state index contributed by atoms with van der Waals surface area (Å²) in [6, 6.07) is 2.13. The Morgan fingerprint density at radius 3 is 2.10 bits per heavy atom. The monoisotopic (exact) mass is 618 g/mol. The number of carbonyl (C=O) groups excluding carboxylic acids is 4. The van der Waals surface area contributed by atoms with Gasteiger partial charge in [-0.25, -0.2) is 22.0 Å². The topological polar surface area (TPSA) is 187 Å². The maximum Gasteiger partial charge on any atom is 0.261 e. The van der Waals surface area contributed by atoms with Crippen LogP contribution in [0, 0.1) is 46.8 Å². The van der Waals surface area contributed by atoms with Crippen molar-refractivity contribution in [1.82, 2.24) is 0 Å². The van der Waals surface area contributed by atoms with Gasteiger partial charge in [-0.2, -0.15) is 0 Å². The summed E-state index contributed by atoms with van der Waals surface area (Å²) in [6.07, 6.45) is -2.50. The third kappa shape index (κ3) is 4.14. The van der Waals surface area contributed by atoms with E-state index in [0.717, 1.165) is 6.07 Å². The van der Waals surface area contributed by atoms with Crippen molar-refractivity contribution in [3.8, 4) is 5.75 Å². The lowest BCUT2D eigenvalue weighted by Crippen LogP contribution is -2.66. The molecular formula is C26H20ClF5N2O8. The molecule has 5 unspecified atom stereocenters. The number of primary amides is 1. The number of anilines is 1. The van der Waals surface area contributed by atoms with Gasteiger partial charge in [0, 0.05) is 23.8 Å². The summed E-state index contributed by atoms with van der Waals surface area (Å²) in [7, 11) is 0. The lowest BCUT2D eigenvalue weighted by Gasteiger charge is -2.50. The number of phenolic OH excluding ortho intramolecular Hbond substituents is 1. The van der Waals surface area contributed by atoms with Gasteiger partial charge in [-0.05, 0) is 24.5 Å². The van der Waals surface area contributed by atoms with Crippen molar-refractivity contribution < 1.29 is 61.6 Å². The average molecular weight is 619 g/mol. The van der Waals surface area contributed by atoms with Gasteiger partial charge in [-0.1, -0.05) is 6.07 Å². The number of aliphatic hydroxyl groups excluding tert-OH is 2. The van der Waals surface area contributed by atoms with Gasteiger partial charge in [0.25, 0.3) is 5.91 Å². The van der Waals surface area contributed by atoms with E-state index in [9.17, 15) is 61.6 Å². The second-order valence-electron chi connectivity index (χ2n) is 10.1. The molecule has 2 fully saturated rings. The summed E-state index contributed by atoms with van der Waals surface area (Å²) in [5.41, 5.74) is -0.918. The third-order valence-corrected chi connectivity index (χ3v) is 7.95.